The maximum absolute atomic E-state index is 11.1. The van der Waals surface area contributed by atoms with Crippen LogP contribution in [0.2, 0.25) is 0 Å². The van der Waals surface area contributed by atoms with Gasteiger partial charge in [-0.05, 0) is 20.8 Å². The summed E-state index contributed by atoms with van der Waals surface area (Å²) in [6.07, 6.45) is -0.997. The van der Waals surface area contributed by atoms with Gasteiger partial charge in [-0.3, -0.25) is 14.4 Å². The van der Waals surface area contributed by atoms with Crippen LogP contribution in [-0.2, 0) is 14.4 Å². The van der Waals surface area contributed by atoms with Crippen LogP contribution in [0.5, 0.6) is 0 Å². The van der Waals surface area contributed by atoms with E-state index in [4.69, 9.17) is 0 Å². The molecule has 0 fully saturated rings. The summed E-state index contributed by atoms with van der Waals surface area (Å²) < 4.78 is 0. The Labute approximate surface area is 114 Å². The number of amides is 3. The number of carbonyl (C=O) groups excluding carboxylic acids is 3. The summed E-state index contributed by atoms with van der Waals surface area (Å²) >= 11 is 0. The topological polar surface area (TPSA) is 90.5 Å². The highest BCUT2D eigenvalue weighted by Gasteiger charge is 2.26. The summed E-state index contributed by atoms with van der Waals surface area (Å²) in [7, 11) is 0. The maximum atomic E-state index is 11.1. The molecule has 0 heterocycles. The van der Waals surface area contributed by atoms with Crippen LogP contribution in [0.15, 0.2) is 0 Å². The quantitative estimate of drug-likeness (QED) is 0.581. The van der Waals surface area contributed by atoms with Crippen molar-refractivity contribution in [2.24, 2.45) is 0 Å². The Hall–Kier alpha value is -1.63. The summed E-state index contributed by atoms with van der Waals surface area (Å²) in [6.45, 7) is 9.62. The highest BCUT2D eigenvalue weighted by molar-refractivity contribution is 5.74. The van der Waals surface area contributed by atoms with Gasteiger partial charge in [0.05, 0.1) is 18.5 Å². The van der Waals surface area contributed by atoms with Gasteiger partial charge in [-0.15, -0.1) is 0 Å². The van der Waals surface area contributed by atoms with E-state index in [1.54, 1.807) is 25.7 Å². The van der Waals surface area contributed by atoms with Gasteiger partial charge < -0.3 is 16.0 Å². The van der Waals surface area contributed by atoms with Crippen LogP contribution in [0.3, 0.4) is 0 Å². The SMILES string of the molecule is CC(=O)NC(C)N(C(C)NC(C)=O)C(C)NC(C)=O. The monoisotopic (exact) mass is 272 g/mol. The zero-order valence-corrected chi connectivity index (χ0v) is 12.4. The van der Waals surface area contributed by atoms with Crippen molar-refractivity contribution in [3.63, 3.8) is 0 Å². The number of nitrogens with zero attached hydrogens (tertiary/aromatic N) is 1. The predicted molar refractivity (Wildman–Crippen MR) is 71.7 cm³/mol. The van der Waals surface area contributed by atoms with E-state index in [0.29, 0.717) is 0 Å². The smallest absolute Gasteiger partial charge is 0.218 e. The van der Waals surface area contributed by atoms with Gasteiger partial charge in [-0.1, -0.05) is 0 Å². The second kappa shape index (κ2) is 7.73. The summed E-state index contributed by atoms with van der Waals surface area (Å²) in [4.78, 5) is 35.2. The minimum atomic E-state index is -0.332. The first-order valence-corrected chi connectivity index (χ1v) is 6.24. The Morgan fingerprint density at radius 1 is 0.684 bits per heavy atom. The van der Waals surface area contributed by atoms with Gasteiger partial charge in [0.25, 0.3) is 0 Å². The molecule has 7 heteroatoms. The van der Waals surface area contributed by atoms with Gasteiger partial charge in [0, 0.05) is 20.8 Å². The molecule has 3 N–H and O–H groups in total. The molecule has 0 aromatic heterocycles. The van der Waals surface area contributed by atoms with E-state index in [1.807, 2.05) is 0 Å². The van der Waals surface area contributed by atoms with E-state index >= 15 is 0 Å². The Morgan fingerprint density at radius 3 is 1.05 bits per heavy atom. The van der Waals surface area contributed by atoms with Crippen LogP contribution in [0.1, 0.15) is 41.5 Å². The molecule has 0 saturated carbocycles. The van der Waals surface area contributed by atoms with Crippen LogP contribution in [0, 0.1) is 0 Å². The van der Waals surface area contributed by atoms with Gasteiger partial charge in [0.15, 0.2) is 0 Å². The van der Waals surface area contributed by atoms with Crippen molar-refractivity contribution in [1.29, 1.82) is 0 Å². The predicted octanol–water partition coefficient (Wildman–Crippen LogP) is -0.265. The molecule has 0 aromatic rings. The molecule has 3 amide bonds. The zero-order chi connectivity index (χ0) is 15.2. The van der Waals surface area contributed by atoms with Crippen molar-refractivity contribution in [3.05, 3.63) is 0 Å². The summed E-state index contributed by atoms with van der Waals surface area (Å²) in [5.74, 6) is -0.535. The van der Waals surface area contributed by atoms with E-state index < -0.39 is 0 Å². The second-order valence-corrected chi connectivity index (χ2v) is 4.58. The first-order chi connectivity index (χ1) is 8.65. The van der Waals surface area contributed by atoms with Crippen LogP contribution in [0.25, 0.3) is 0 Å². The molecule has 0 aliphatic carbocycles. The standard InChI is InChI=1S/C12H24N4O3/c1-7(13-10(4)17)16(8(2)14-11(5)18)9(3)15-12(6)19/h7-9H,1-6H3,(H,13,17)(H,14,18)(H,15,19). The molecule has 0 rings (SSSR count). The third-order valence-corrected chi connectivity index (χ3v) is 2.58. The molecule has 3 unspecified atom stereocenters. The largest absolute Gasteiger partial charge is 0.341 e. The van der Waals surface area contributed by atoms with Crippen molar-refractivity contribution < 1.29 is 14.4 Å². The molecule has 7 nitrogen and oxygen atoms in total. The second-order valence-electron chi connectivity index (χ2n) is 4.58. The first kappa shape index (κ1) is 17.4. The Balaban J connectivity index is 4.94. The van der Waals surface area contributed by atoms with Crippen LogP contribution in [0.4, 0.5) is 0 Å². The molecule has 110 valence electrons. The molecule has 0 spiro atoms. The number of carbonyl (C=O) groups is 3. The fraction of sp³-hybridized carbons (Fsp3) is 0.750. The zero-order valence-electron chi connectivity index (χ0n) is 12.4. The van der Waals surface area contributed by atoms with Crippen molar-refractivity contribution in [1.82, 2.24) is 20.9 Å². The highest BCUT2D eigenvalue weighted by atomic mass is 16.2. The first-order valence-electron chi connectivity index (χ1n) is 6.24. The molecule has 0 bridgehead atoms. The Bertz CT molecular complexity index is 294. The van der Waals surface area contributed by atoms with Gasteiger partial charge in [-0.25, -0.2) is 4.90 Å². The molecule has 0 aromatic carbocycles. The van der Waals surface area contributed by atoms with Gasteiger partial charge in [-0.2, -0.15) is 0 Å². The minimum Gasteiger partial charge on any atom is -0.341 e. The molecule has 0 aliphatic rings. The Morgan fingerprint density at radius 2 is 0.895 bits per heavy atom. The number of hydrogen-bond acceptors (Lipinski definition) is 4. The lowest BCUT2D eigenvalue weighted by Gasteiger charge is -2.39. The molecule has 19 heavy (non-hydrogen) atoms. The van der Waals surface area contributed by atoms with Gasteiger partial charge in [0.2, 0.25) is 17.7 Å². The lowest BCUT2D eigenvalue weighted by Crippen LogP contribution is -2.62. The van der Waals surface area contributed by atoms with Crippen LogP contribution in [-0.4, -0.2) is 41.1 Å². The molecular formula is C12H24N4O3. The fourth-order valence-electron chi connectivity index (χ4n) is 2.11. The molecule has 3 atom stereocenters. The normalized spacial score (nSPS) is 15.3. The number of nitrogens with one attached hydrogen (secondary N) is 3. The Kier molecular flexibility index (Phi) is 7.06. The third-order valence-electron chi connectivity index (χ3n) is 2.58. The lowest BCUT2D eigenvalue weighted by molar-refractivity contribution is -0.124. The highest BCUT2D eigenvalue weighted by Crippen LogP contribution is 2.06. The summed E-state index contributed by atoms with van der Waals surface area (Å²) in [5, 5.41) is 8.21. The van der Waals surface area contributed by atoms with Crippen molar-refractivity contribution >= 4 is 17.7 Å². The molecular weight excluding hydrogens is 248 g/mol. The third kappa shape index (κ3) is 6.76. The fourth-order valence-corrected chi connectivity index (χ4v) is 2.11. The average molecular weight is 272 g/mol. The van der Waals surface area contributed by atoms with Crippen molar-refractivity contribution in [2.45, 2.75) is 60.0 Å². The lowest BCUT2D eigenvalue weighted by atomic mass is 10.3. The molecule has 0 radical (unpaired) electrons. The molecule has 0 aliphatic heterocycles. The maximum Gasteiger partial charge on any atom is 0.218 e. The van der Waals surface area contributed by atoms with E-state index in [9.17, 15) is 14.4 Å². The van der Waals surface area contributed by atoms with Crippen LogP contribution >= 0.6 is 0 Å². The number of hydrogen-bond donors (Lipinski definition) is 3. The molecule has 0 saturated heterocycles. The van der Waals surface area contributed by atoms with Crippen molar-refractivity contribution in [2.75, 3.05) is 0 Å². The van der Waals surface area contributed by atoms with E-state index in [-0.39, 0.29) is 36.2 Å². The average Bonchev–Trinajstić information content (AvgIpc) is 2.12. The minimum absolute atomic E-state index is 0.178. The van der Waals surface area contributed by atoms with E-state index in [1.165, 1.54) is 20.8 Å². The van der Waals surface area contributed by atoms with E-state index in [2.05, 4.69) is 16.0 Å². The van der Waals surface area contributed by atoms with E-state index in [0.717, 1.165) is 0 Å². The van der Waals surface area contributed by atoms with Gasteiger partial charge in [0.1, 0.15) is 0 Å². The van der Waals surface area contributed by atoms with Crippen LogP contribution < -0.4 is 16.0 Å². The van der Waals surface area contributed by atoms with Crippen molar-refractivity contribution in [3.8, 4) is 0 Å². The summed E-state index contributed by atoms with van der Waals surface area (Å²) in [6, 6.07) is 0. The number of rotatable bonds is 6. The summed E-state index contributed by atoms with van der Waals surface area (Å²) in [5.41, 5.74) is 0. The van der Waals surface area contributed by atoms with Gasteiger partial charge >= 0.3 is 0 Å².